The molecule has 1 amide bonds. The highest BCUT2D eigenvalue weighted by Crippen LogP contribution is 2.21. The van der Waals surface area contributed by atoms with Gasteiger partial charge in [0.25, 0.3) is 0 Å². The van der Waals surface area contributed by atoms with Crippen molar-refractivity contribution in [2.75, 3.05) is 18.9 Å². The lowest BCUT2D eigenvalue weighted by atomic mass is 10.3. The fourth-order valence-electron chi connectivity index (χ4n) is 1.91. The second kappa shape index (κ2) is 7.54. The molecule has 0 saturated heterocycles. The molecule has 0 aliphatic rings. The van der Waals surface area contributed by atoms with Crippen molar-refractivity contribution in [1.29, 1.82) is 0 Å². The third-order valence-electron chi connectivity index (χ3n) is 3.18. The van der Waals surface area contributed by atoms with Gasteiger partial charge < -0.3 is 5.32 Å². The summed E-state index contributed by atoms with van der Waals surface area (Å²) in [5, 5.41) is 2.01. The molecule has 2 aromatic carbocycles. The maximum absolute atomic E-state index is 13.5. The van der Waals surface area contributed by atoms with Crippen LogP contribution in [0.3, 0.4) is 0 Å². The van der Waals surface area contributed by atoms with Crippen LogP contribution in [0, 0.1) is 17.5 Å². The first kappa shape index (κ1) is 19.4. The van der Waals surface area contributed by atoms with E-state index in [0.717, 1.165) is 17.4 Å². The van der Waals surface area contributed by atoms with Crippen LogP contribution in [-0.2, 0) is 14.8 Å². The zero-order chi connectivity index (χ0) is 18.8. The smallest absolute Gasteiger partial charge is 0.243 e. The van der Waals surface area contributed by atoms with E-state index >= 15 is 0 Å². The Balaban J connectivity index is 2.14. The number of sulfonamides is 1. The molecule has 0 aromatic heterocycles. The maximum atomic E-state index is 13.5. The van der Waals surface area contributed by atoms with Crippen LogP contribution >= 0.6 is 15.9 Å². The van der Waals surface area contributed by atoms with Gasteiger partial charge in [-0.05, 0) is 30.3 Å². The monoisotopic (exact) mass is 436 g/mol. The molecule has 0 saturated carbocycles. The standard InChI is InChI=1S/C15H12BrF3N2O3S/c1-21(25(23,24)10-4-2-3-9(16)7-10)8-13(22)20-12-6-5-11(17)14(18)15(12)19/h2-7H,8H2,1H3,(H,20,22). The largest absolute Gasteiger partial charge is 0.322 e. The van der Waals surface area contributed by atoms with Crippen molar-refractivity contribution in [3.8, 4) is 0 Å². The van der Waals surface area contributed by atoms with Gasteiger partial charge in [-0.3, -0.25) is 4.79 Å². The van der Waals surface area contributed by atoms with Crippen LogP contribution in [0.4, 0.5) is 18.9 Å². The van der Waals surface area contributed by atoms with Crippen molar-refractivity contribution in [2.24, 2.45) is 0 Å². The summed E-state index contributed by atoms with van der Waals surface area (Å²) in [5.41, 5.74) is -0.586. The Morgan fingerprint density at radius 2 is 1.84 bits per heavy atom. The van der Waals surface area contributed by atoms with Crippen molar-refractivity contribution in [3.63, 3.8) is 0 Å². The van der Waals surface area contributed by atoms with E-state index in [9.17, 15) is 26.4 Å². The lowest BCUT2D eigenvalue weighted by Crippen LogP contribution is -2.35. The molecule has 0 radical (unpaired) electrons. The number of amides is 1. The van der Waals surface area contributed by atoms with Gasteiger partial charge in [-0.1, -0.05) is 22.0 Å². The van der Waals surface area contributed by atoms with Crippen molar-refractivity contribution < 1.29 is 26.4 Å². The minimum absolute atomic E-state index is 0.0452. The lowest BCUT2D eigenvalue weighted by Gasteiger charge is -2.17. The number of halogens is 4. The van der Waals surface area contributed by atoms with Gasteiger partial charge in [-0.2, -0.15) is 4.31 Å². The Morgan fingerprint density at radius 1 is 1.16 bits per heavy atom. The summed E-state index contributed by atoms with van der Waals surface area (Å²) in [6, 6.07) is 7.35. The number of nitrogens with zero attached hydrogens (tertiary/aromatic N) is 1. The van der Waals surface area contributed by atoms with Gasteiger partial charge in [0.15, 0.2) is 17.5 Å². The molecule has 0 fully saturated rings. The molecule has 0 atom stereocenters. The third-order valence-corrected chi connectivity index (χ3v) is 5.47. The number of benzene rings is 2. The molecular formula is C15H12BrF3N2O3S. The van der Waals surface area contributed by atoms with Crippen molar-refractivity contribution >= 4 is 37.5 Å². The molecule has 2 aromatic rings. The number of carbonyl (C=O) groups excluding carboxylic acids is 1. The van der Waals surface area contributed by atoms with Crippen LogP contribution < -0.4 is 5.32 Å². The molecule has 10 heteroatoms. The quantitative estimate of drug-likeness (QED) is 0.732. The van der Waals surface area contributed by atoms with Crippen LogP contribution in [0.5, 0.6) is 0 Å². The van der Waals surface area contributed by atoms with Gasteiger partial charge in [0.2, 0.25) is 15.9 Å². The first-order valence-electron chi connectivity index (χ1n) is 6.78. The summed E-state index contributed by atoms with van der Waals surface area (Å²) >= 11 is 3.15. The van der Waals surface area contributed by atoms with E-state index in [-0.39, 0.29) is 4.90 Å². The molecule has 0 unspecified atom stereocenters. The zero-order valence-electron chi connectivity index (χ0n) is 12.8. The molecule has 0 bridgehead atoms. The summed E-state index contributed by atoms with van der Waals surface area (Å²) in [6.07, 6.45) is 0. The summed E-state index contributed by atoms with van der Waals surface area (Å²) in [6.45, 7) is -0.646. The van der Waals surface area contributed by atoms with Crippen LogP contribution in [0.2, 0.25) is 0 Å². The average Bonchev–Trinajstić information content (AvgIpc) is 2.55. The second-order valence-corrected chi connectivity index (χ2v) is 7.95. The van der Waals surface area contributed by atoms with E-state index in [1.165, 1.54) is 18.2 Å². The Bertz CT molecular complexity index is 922. The Morgan fingerprint density at radius 3 is 2.48 bits per heavy atom. The molecule has 0 aliphatic heterocycles. The van der Waals surface area contributed by atoms with Crippen LogP contribution in [0.1, 0.15) is 0 Å². The lowest BCUT2D eigenvalue weighted by molar-refractivity contribution is -0.116. The zero-order valence-corrected chi connectivity index (χ0v) is 15.2. The van der Waals surface area contributed by atoms with E-state index in [2.05, 4.69) is 15.9 Å². The van der Waals surface area contributed by atoms with E-state index in [1.54, 1.807) is 6.07 Å². The molecule has 1 N–H and O–H groups in total. The van der Waals surface area contributed by atoms with E-state index in [4.69, 9.17) is 0 Å². The van der Waals surface area contributed by atoms with Gasteiger partial charge >= 0.3 is 0 Å². The number of hydrogen-bond acceptors (Lipinski definition) is 3. The Kier molecular flexibility index (Phi) is 5.86. The Labute approximate surface area is 150 Å². The van der Waals surface area contributed by atoms with E-state index < -0.39 is 45.6 Å². The van der Waals surface area contributed by atoms with Crippen molar-refractivity contribution in [3.05, 3.63) is 58.3 Å². The third kappa shape index (κ3) is 4.39. The fraction of sp³-hybridized carbons (Fsp3) is 0.133. The second-order valence-electron chi connectivity index (χ2n) is 4.99. The summed E-state index contributed by atoms with van der Waals surface area (Å²) in [5.74, 6) is -5.60. The molecular weight excluding hydrogens is 425 g/mol. The van der Waals surface area contributed by atoms with Gasteiger partial charge in [-0.25, -0.2) is 21.6 Å². The number of likely N-dealkylation sites (N-methyl/N-ethyl adjacent to an activating group) is 1. The highest BCUT2D eigenvalue weighted by molar-refractivity contribution is 9.10. The van der Waals surface area contributed by atoms with E-state index in [1.807, 2.05) is 5.32 Å². The molecule has 0 spiro atoms. The fourth-order valence-corrected chi connectivity index (χ4v) is 3.63. The predicted octanol–water partition coefficient (Wildman–Crippen LogP) is 3.13. The summed E-state index contributed by atoms with van der Waals surface area (Å²) in [4.78, 5) is 11.9. The van der Waals surface area contributed by atoms with Gasteiger partial charge in [0.05, 0.1) is 17.1 Å². The summed E-state index contributed by atoms with van der Waals surface area (Å²) in [7, 11) is -2.80. The van der Waals surface area contributed by atoms with E-state index in [0.29, 0.717) is 10.5 Å². The number of anilines is 1. The molecule has 5 nitrogen and oxygen atoms in total. The number of hydrogen-bond donors (Lipinski definition) is 1. The maximum Gasteiger partial charge on any atom is 0.243 e. The van der Waals surface area contributed by atoms with Crippen LogP contribution in [0.25, 0.3) is 0 Å². The molecule has 25 heavy (non-hydrogen) atoms. The number of rotatable bonds is 5. The SMILES string of the molecule is CN(CC(=O)Nc1ccc(F)c(F)c1F)S(=O)(=O)c1cccc(Br)c1. The Hall–Kier alpha value is -1.91. The molecule has 0 heterocycles. The summed E-state index contributed by atoms with van der Waals surface area (Å²) < 4.78 is 65.6. The molecule has 0 aliphatic carbocycles. The van der Waals surface area contributed by atoms with Gasteiger partial charge in [-0.15, -0.1) is 0 Å². The first-order chi connectivity index (χ1) is 11.6. The highest BCUT2D eigenvalue weighted by Gasteiger charge is 2.24. The predicted molar refractivity (Wildman–Crippen MR) is 88.9 cm³/mol. The van der Waals surface area contributed by atoms with Crippen molar-refractivity contribution in [2.45, 2.75) is 4.90 Å². The van der Waals surface area contributed by atoms with Crippen LogP contribution in [0.15, 0.2) is 45.8 Å². The minimum Gasteiger partial charge on any atom is -0.322 e. The highest BCUT2D eigenvalue weighted by atomic mass is 79.9. The topological polar surface area (TPSA) is 66.5 Å². The minimum atomic E-state index is -3.96. The molecule has 2 rings (SSSR count). The molecule has 134 valence electrons. The first-order valence-corrected chi connectivity index (χ1v) is 9.01. The number of carbonyl (C=O) groups is 1. The number of nitrogens with one attached hydrogen (secondary N) is 1. The van der Waals surface area contributed by atoms with Gasteiger partial charge in [0, 0.05) is 11.5 Å². The van der Waals surface area contributed by atoms with Crippen molar-refractivity contribution in [1.82, 2.24) is 4.31 Å². The normalized spacial score (nSPS) is 11.6. The van der Waals surface area contributed by atoms with Gasteiger partial charge in [0.1, 0.15) is 0 Å². The average molecular weight is 437 g/mol. The van der Waals surface area contributed by atoms with Crippen LogP contribution in [-0.4, -0.2) is 32.2 Å².